The lowest BCUT2D eigenvalue weighted by molar-refractivity contribution is -0.143. The Kier molecular flexibility index (Phi) is 9.68. The van der Waals surface area contributed by atoms with Crippen LogP contribution in [0.2, 0.25) is 0 Å². The van der Waals surface area contributed by atoms with E-state index >= 15 is 0 Å². The predicted molar refractivity (Wildman–Crippen MR) is 157 cm³/mol. The Morgan fingerprint density at radius 3 is 0.977 bits per heavy atom. The van der Waals surface area contributed by atoms with Crippen LogP contribution < -0.4 is 26.5 Å². The van der Waals surface area contributed by atoms with Gasteiger partial charge in [-0.2, -0.15) is 48.2 Å². The Hall–Kier alpha value is -4.47. The third-order valence-corrected chi connectivity index (χ3v) is 7.00. The van der Waals surface area contributed by atoms with E-state index in [1.165, 1.54) is 21.9 Å². The van der Waals surface area contributed by atoms with Crippen molar-refractivity contribution in [3.8, 4) is 5.75 Å². The summed E-state index contributed by atoms with van der Waals surface area (Å²) in [7, 11) is -2.52. The Morgan fingerprint density at radius 2 is 0.744 bits per heavy atom. The minimum Gasteiger partial charge on any atom is -0.512 e. The summed E-state index contributed by atoms with van der Waals surface area (Å²) in [5, 5.41) is 16.7. The first kappa shape index (κ1) is 31.5. The summed E-state index contributed by atoms with van der Waals surface area (Å²) < 4.78 is 78.0. The summed E-state index contributed by atoms with van der Waals surface area (Å²) in [6.45, 7) is 0. The molecule has 0 fully saturated rings. The van der Waals surface area contributed by atoms with Crippen molar-refractivity contribution in [1.82, 2.24) is 0 Å². The molecular formula is C32H25B2F6O3-. The van der Waals surface area contributed by atoms with E-state index in [9.17, 15) is 26.3 Å². The monoisotopic (exact) mass is 593 g/mol. The van der Waals surface area contributed by atoms with Crippen molar-refractivity contribution in [3.63, 3.8) is 0 Å². The Bertz CT molecular complexity index is 1390. The molecule has 0 aliphatic rings. The highest BCUT2D eigenvalue weighted by molar-refractivity contribution is 7.19. The van der Waals surface area contributed by atoms with Crippen LogP contribution in [0.5, 0.6) is 5.75 Å². The molecule has 0 aliphatic heterocycles. The first-order chi connectivity index (χ1) is 20.4. The van der Waals surface area contributed by atoms with Crippen molar-refractivity contribution in [3.05, 3.63) is 151 Å². The number of benzene rings is 5. The number of rotatable bonds is 6. The van der Waals surface area contributed by atoms with E-state index in [1.54, 1.807) is 0 Å². The lowest BCUT2D eigenvalue weighted by Crippen LogP contribution is -2.74. The standard InChI is InChI=1S/C24H20B.C8H5BF6O3/c1-5-13-21(14-6-1)25(22-15-7-2-8-16-22,23-17-9-3-10-18-23)24-19-11-4-12-20-24;10-7(11,12)4-1-5(8(13,14)15)3-6(2-4)18-9(16)17/h1-20H;1-3,16-17H/q-1;. The van der Waals surface area contributed by atoms with Crippen molar-refractivity contribution < 1.29 is 41.0 Å². The molecular weight excluding hydrogens is 568 g/mol. The largest absolute Gasteiger partial charge is 0.707 e. The number of halogens is 6. The van der Waals surface area contributed by atoms with Crippen molar-refractivity contribution in [2.24, 2.45) is 0 Å². The third kappa shape index (κ3) is 7.49. The first-order valence-corrected chi connectivity index (χ1v) is 13.1. The number of alkyl halides is 6. The van der Waals surface area contributed by atoms with Gasteiger partial charge in [0.05, 0.1) is 11.1 Å². The van der Waals surface area contributed by atoms with Gasteiger partial charge in [0.25, 0.3) is 0 Å². The van der Waals surface area contributed by atoms with Gasteiger partial charge in [0.15, 0.2) is 0 Å². The Morgan fingerprint density at radius 1 is 0.465 bits per heavy atom. The summed E-state index contributed by atoms with van der Waals surface area (Å²) in [5.74, 6) is -0.952. The van der Waals surface area contributed by atoms with Crippen LogP contribution in [-0.4, -0.2) is 23.5 Å². The average molecular weight is 593 g/mol. The molecule has 2 N–H and O–H groups in total. The topological polar surface area (TPSA) is 49.7 Å². The molecule has 0 radical (unpaired) electrons. The smallest absolute Gasteiger partial charge is 0.512 e. The molecule has 0 heterocycles. The zero-order valence-electron chi connectivity index (χ0n) is 22.5. The molecule has 3 nitrogen and oxygen atoms in total. The highest BCUT2D eigenvalue weighted by Crippen LogP contribution is 2.38. The Labute approximate surface area is 245 Å². The summed E-state index contributed by atoms with van der Waals surface area (Å²) >= 11 is 0. The van der Waals surface area contributed by atoms with Crippen molar-refractivity contribution >= 4 is 35.3 Å². The lowest BCUT2D eigenvalue weighted by Gasteiger charge is -2.44. The normalized spacial score (nSPS) is 11.7. The molecule has 0 bridgehead atoms. The average Bonchev–Trinajstić information content (AvgIpc) is 2.99. The molecule has 43 heavy (non-hydrogen) atoms. The second-order valence-corrected chi connectivity index (χ2v) is 9.69. The van der Waals surface area contributed by atoms with Crippen LogP contribution >= 0.6 is 0 Å². The van der Waals surface area contributed by atoms with Gasteiger partial charge in [-0.1, -0.05) is 121 Å². The molecule has 0 saturated carbocycles. The van der Waals surface area contributed by atoms with E-state index in [1.807, 2.05) is 0 Å². The highest BCUT2D eigenvalue weighted by atomic mass is 19.4. The maximum absolute atomic E-state index is 12.3. The maximum atomic E-state index is 12.3. The van der Waals surface area contributed by atoms with Crippen LogP contribution in [-0.2, 0) is 12.4 Å². The second kappa shape index (κ2) is 13.2. The minimum atomic E-state index is -5.01. The van der Waals surface area contributed by atoms with Gasteiger partial charge in [-0.15, -0.1) is 0 Å². The van der Waals surface area contributed by atoms with Crippen LogP contribution in [0.1, 0.15) is 11.1 Å². The van der Waals surface area contributed by atoms with Crippen LogP contribution in [0.15, 0.2) is 140 Å². The summed E-state index contributed by atoms with van der Waals surface area (Å²) in [6, 6.07) is 43.9. The van der Waals surface area contributed by atoms with E-state index in [-0.39, 0.29) is 18.2 Å². The van der Waals surface area contributed by atoms with E-state index in [0.717, 1.165) is 0 Å². The van der Waals surface area contributed by atoms with Crippen LogP contribution in [0, 0.1) is 0 Å². The zero-order valence-corrected chi connectivity index (χ0v) is 22.5. The molecule has 0 spiro atoms. The zero-order chi connectivity index (χ0) is 31.1. The molecule has 5 aromatic rings. The molecule has 220 valence electrons. The van der Waals surface area contributed by atoms with Crippen molar-refractivity contribution in [1.29, 1.82) is 0 Å². The third-order valence-electron chi connectivity index (χ3n) is 7.00. The fraction of sp³-hybridized carbons (Fsp3) is 0.0625. The van der Waals surface area contributed by atoms with Gasteiger partial charge in [-0.05, 0) is 18.2 Å². The molecule has 0 atom stereocenters. The molecule has 5 aromatic carbocycles. The minimum absolute atomic E-state index is 0.101. The van der Waals surface area contributed by atoms with Crippen LogP contribution in [0.4, 0.5) is 26.3 Å². The van der Waals surface area contributed by atoms with E-state index in [4.69, 9.17) is 10.0 Å². The molecule has 11 heteroatoms. The van der Waals surface area contributed by atoms with Gasteiger partial charge in [0.1, 0.15) is 11.9 Å². The molecule has 0 saturated heterocycles. The van der Waals surface area contributed by atoms with Gasteiger partial charge in [-0.25, -0.2) is 0 Å². The summed E-state index contributed by atoms with van der Waals surface area (Å²) in [5.41, 5.74) is 2.15. The number of hydrogen-bond acceptors (Lipinski definition) is 3. The van der Waals surface area contributed by atoms with Gasteiger partial charge in [0.2, 0.25) is 0 Å². The maximum Gasteiger partial charge on any atom is 0.707 e. The molecule has 0 aliphatic carbocycles. The van der Waals surface area contributed by atoms with Crippen LogP contribution in [0.25, 0.3) is 0 Å². The van der Waals surface area contributed by atoms with E-state index < -0.39 is 42.7 Å². The van der Waals surface area contributed by atoms with Gasteiger partial charge in [-0.3, -0.25) is 0 Å². The molecule has 5 rings (SSSR count). The fourth-order valence-electron chi connectivity index (χ4n) is 5.24. The van der Waals surface area contributed by atoms with Crippen molar-refractivity contribution in [2.75, 3.05) is 0 Å². The molecule has 0 aromatic heterocycles. The van der Waals surface area contributed by atoms with E-state index in [2.05, 4.69) is 126 Å². The van der Waals surface area contributed by atoms with Gasteiger partial charge >= 0.3 is 19.7 Å². The van der Waals surface area contributed by atoms with Crippen LogP contribution in [0.3, 0.4) is 0 Å². The Balaban J connectivity index is 0.000000209. The van der Waals surface area contributed by atoms with E-state index in [0.29, 0.717) is 0 Å². The van der Waals surface area contributed by atoms with Gasteiger partial charge < -0.3 is 14.7 Å². The first-order valence-electron chi connectivity index (χ1n) is 13.1. The quantitative estimate of drug-likeness (QED) is 0.212. The number of hydrogen-bond donors (Lipinski definition) is 2. The lowest BCUT2D eigenvalue weighted by atomic mass is 9.13. The molecule has 0 unspecified atom stereocenters. The fourth-order valence-corrected chi connectivity index (χ4v) is 5.24. The summed E-state index contributed by atoms with van der Waals surface area (Å²) in [4.78, 5) is 0. The SMILES string of the molecule is OB(O)Oc1cc(C(F)(F)F)cc(C(F)(F)F)c1.c1ccc([B-](c2ccccc2)(c2ccccc2)c2ccccc2)cc1. The van der Waals surface area contributed by atoms with Gasteiger partial charge in [0, 0.05) is 0 Å². The highest BCUT2D eigenvalue weighted by Gasteiger charge is 2.37. The summed E-state index contributed by atoms with van der Waals surface area (Å²) in [6.07, 6.45) is -11.2. The second-order valence-electron chi connectivity index (χ2n) is 9.69. The predicted octanol–water partition coefficient (Wildman–Crippen LogP) is 5.14. The van der Waals surface area contributed by atoms with Crippen molar-refractivity contribution in [2.45, 2.75) is 12.4 Å². The molecule has 0 amide bonds.